The SMILES string of the molecule is CC(C)(C)c1nc2ccccc2n1CCCOc1ccccc1Cl. The highest BCUT2D eigenvalue weighted by Gasteiger charge is 2.22. The summed E-state index contributed by atoms with van der Waals surface area (Å²) in [6, 6.07) is 15.9. The number of rotatable bonds is 5. The molecule has 24 heavy (non-hydrogen) atoms. The van der Waals surface area contributed by atoms with Crippen LogP contribution in [0.15, 0.2) is 48.5 Å². The third kappa shape index (κ3) is 3.57. The second-order valence-electron chi connectivity index (χ2n) is 6.96. The summed E-state index contributed by atoms with van der Waals surface area (Å²) in [6.07, 6.45) is 0.897. The van der Waals surface area contributed by atoms with Crippen LogP contribution in [0.5, 0.6) is 5.75 Å². The van der Waals surface area contributed by atoms with E-state index in [1.165, 1.54) is 5.52 Å². The van der Waals surface area contributed by atoms with Gasteiger partial charge in [0.25, 0.3) is 0 Å². The maximum Gasteiger partial charge on any atom is 0.137 e. The number of hydrogen-bond donors (Lipinski definition) is 0. The second-order valence-corrected chi connectivity index (χ2v) is 7.37. The fraction of sp³-hybridized carbons (Fsp3) is 0.350. The number of nitrogens with zero attached hydrogens (tertiary/aromatic N) is 2. The van der Waals surface area contributed by atoms with Gasteiger partial charge >= 0.3 is 0 Å². The summed E-state index contributed by atoms with van der Waals surface area (Å²) < 4.78 is 8.12. The van der Waals surface area contributed by atoms with Gasteiger partial charge in [-0.05, 0) is 30.7 Å². The van der Waals surface area contributed by atoms with E-state index in [1.807, 2.05) is 30.3 Å². The molecule has 0 fully saturated rings. The molecule has 0 spiro atoms. The normalized spacial score (nSPS) is 11.8. The minimum Gasteiger partial charge on any atom is -0.492 e. The molecule has 0 radical (unpaired) electrons. The summed E-state index contributed by atoms with van der Waals surface area (Å²) >= 11 is 6.13. The van der Waals surface area contributed by atoms with Gasteiger partial charge in [0.15, 0.2) is 0 Å². The molecule has 0 aliphatic heterocycles. The molecule has 0 aliphatic carbocycles. The third-order valence-electron chi connectivity index (χ3n) is 3.95. The average molecular weight is 343 g/mol. The minimum atomic E-state index is 0.00259. The zero-order valence-corrected chi connectivity index (χ0v) is 15.2. The lowest BCUT2D eigenvalue weighted by Gasteiger charge is -2.20. The number of ether oxygens (including phenoxy) is 1. The predicted molar refractivity (Wildman–Crippen MR) is 100.0 cm³/mol. The van der Waals surface area contributed by atoms with E-state index in [0.717, 1.165) is 30.1 Å². The molecule has 0 saturated heterocycles. The van der Waals surface area contributed by atoms with Gasteiger partial charge in [0, 0.05) is 12.0 Å². The first-order valence-electron chi connectivity index (χ1n) is 8.30. The molecule has 0 aliphatic rings. The van der Waals surface area contributed by atoms with Gasteiger partial charge in [-0.2, -0.15) is 0 Å². The van der Waals surface area contributed by atoms with Crippen LogP contribution in [0.1, 0.15) is 33.0 Å². The lowest BCUT2D eigenvalue weighted by atomic mass is 9.95. The highest BCUT2D eigenvalue weighted by molar-refractivity contribution is 6.32. The lowest BCUT2D eigenvalue weighted by Crippen LogP contribution is -2.19. The first kappa shape index (κ1) is 16.8. The Morgan fingerprint density at radius 1 is 1.04 bits per heavy atom. The van der Waals surface area contributed by atoms with E-state index in [2.05, 4.69) is 43.5 Å². The summed E-state index contributed by atoms with van der Waals surface area (Å²) in [5.41, 5.74) is 2.23. The van der Waals surface area contributed by atoms with Crippen molar-refractivity contribution in [2.45, 2.75) is 39.2 Å². The number of hydrogen-bond acceptors (Lipinski definition) is 2. The van der Waals surface area contributed by atoms with Crippen LogP contribution < -0.4 is 4.74 Å². The van der Waals surface area contributed by atoms with Gasteiger partial charge in [-0.3, -0.25) is 0 Å². The van der Waals surface area contributed by atoms with Crippen LogP contribution in [-0.2, 0) is 12.0 Å². The highest BCUT2D eigenvalue weighted by atomic mass is 35.5. The molecule has 0 atom stereocenters. The van der Waals surface area contributed by atoms with E-state index >= 15 is 0 Å². The van der Waals surface area contributed by atoms with Crippen LogP contribution in [0, 0.1) is 0 Å². The van der Waals surface area contributed by atoms with Gasteiger partial charge in [0.05, 0.1) is 22.7 Å². The predicted octanol–water partition coefficient (Wildman–Crippen LogP) is 5.46. The van der Waals surface area contributed by atoms with Crippen molar-refractivity contribution in [2.75, 3.05) is 6.61 Å². The largest absolute Gasteiger partial charge is 0.492 e. The van der Waals surface area contributed by atoms with Gasteiger partial charge in [-0.15, -0.1) is 0 Å². The van der Waals surface area contributed by atoms with E-state index in [1.54, 1.807) is 0 Å². The Labute approximate surface area is 148 Å². The maximum atomic E-state index is 6.13. The summed E-state index contributed by atoms with van der Waals surface area (Å²) in [5.74, 6) is 1.85. The van der Waals surface area contributed by atoms with Crippen LogP contribution in [0.25, 0.3) is 11.0 Å². The molecule has 0 unspecified atom stereocenters. The Morgan fingerprint density at radius 2 is 1.75 bits per heavy atom. The molecule has 126 valence electrons. The van der Waals surface area contributed by atoms with Crippen molar-refractivity contribution < 1.29 is 4.74 Å². The zero-order valence-electron chi connectivity index (χ0n) is 14.4. The van der Waals surface area contributed by atoms with Gasteiger partial charge in [0.1, 0.15) is 11.6 Å². The van der Waals surface area contributed by atoms with Gasteiger partial charge in [-0.25, -0.2) is 4.98 Å². The Balaban J connectivity index is 1.74. The monoisotopic (exact) mass is 342 g/mol. The van der Waals surface area contributed by atoms with E-state index in [-0.39, 0.29) is 5.41 Å². The number of halogens is 1. The second kappa shape index (κ2) is 6.86. The lowest BCUT2D eigenvalue weighted by molar-refractivity contribution is 0.300. The number of aromatic nitrogens is 2. The zero-order chi connectivity index (χ0) is 17.2. The highest BCUT2D eigenvalue weighted by Crippen LogP contribution is 2.27. The third-order valence-corrected chi connectivity index (χ3v) is 4.26. The van der Waals surface area contributed by atoms with Crippen LogP contribution >= 0.6 is 11.6 Å². The Bertz CT molecular complexity index is 833. The average Bonchev–Trinajstić information content (AvgIpc) is 2.92. The van der Waals surface area contributed by atoms with Crippen molar-refractivity contribution in [3.05, 3.63) is 59.4 Å². The van der Waals surface area contributed by atoms with Gasteiger partial charge in [0.2, 0.25) is 0 Å². The summed E-state index contributed by atoms with van der Waals surface area (Å²) in [6.45, 7) is 8.10. The standard InChI is InChI=1S/C20H23ClN2O/c1-20(2,3)19-22-16-10-5-6-11-17(16)23(19)13-8-14-24-18-12-7-4-9-15(18)21/h4-7,9-12H,8,13-14H2,1-3H3. The number of fused-ring (bicyclic) bond motifs is 1. The Hall–Kier alpha value is -2.00. The van der Waals surface area contributed by atoms with Crippen LogP contribution in [0.3, 0.4) is 0 Å². The van der Waals surface area contributed by atoms with Crippen molar-refractivity contribution in [1.29, 1.82) is 0 Å². The molecule has 3 rings (SSSR count). The quantitative estimate of drug-likeness (QED) is 0.576. The summed E-state index contributed by atoms with van der Waals surface area (Å²) in [4.78, 5) is 4.84. The topological polar surface area (TPSA) is 27.1 Å². The number of benzene rings is 2. The molecule has 1 heterocycles. The smallest absolute Gasteiger partial charge is 0.137 e. The van der Waals surface area contributed by atoms with E-state index in [0.29, 0.717) is 11.6 Å². The molecule has 3 aromatic rings. The summed E-state index contributed by atoms with van der Waals surface area (Å²) in [5, 5.41) is 0.654. The number of aryl methyl sites for hydroxylation is 1. The first-order valence-corrected chi connectivity index (χ1v) is 8.68. The molecular weight excluding hydrogens is 320 g/mol. The number of para-hydroxylation sites is 3. The minimum absolute atomic E-state index is 0.00259. The van der Waals surface area contributed by atoms with Crippen molar-refractivity contribution in [3.8, 4) is 5.75 Å². The molecular formula is C20H23ClN2O. The summed E-state index contributed by atoms with van der Waals surface area (Å²) in [7, 11) is 0. The fourth-order valence-electron chi connectivity index (χ4n) is 2.84. The molecule has 4 heteroatoms. The van der Waals surface area contributed by atoms with Crippen molar-refractivity contribution in [3.63, 3.8) is 0 Å². The van der Waals surface area contributed by atoms with E-state index in [4.69, 9.17) is 21.3 Å². The molecule has 0 bridgehead atoms. The Morgan fingerprint density at radius 3 is 2.50 bits per heavy atom. The van der Waals surface area contributed by atoms with Gasteiger partial charge < -0.3 is 9.30 Å². The van der Waals surface area contributed by atoms with Crippen LogP contribution in [-0.4, -0.2) is 16.2 Å². The maximum absolute atomic E-state index is 6.13. The fourth-order valence-corrected chi connectivity index (χ4v) is 3.03. The molecule has 0 amide bonds. The molecule has 0 saturated carbocycles. The number of imidazole rings is 1. The molecule has 2 aromatic carbocycles. The van der Waals surface area contributed by atoms with Gasteiger partial charge in [-0.1, -0.05) is 56.6 Å². The Kier molecular flexibility index (Phi) is 4.81. The van der Waals surface area contributed by atoms with Crippen LogP contribution in [0.2, 0.25) is 5.02 Å². The molecule has 1 aromatic heterocycles. The molecule has 3 nitrogen and oxygen atoms in total. The van der Waals surface area contributed by atoms with E-state index < -0.39 is 0 Å². The first-order chi connectivity index (χ1) is 11.5. The van der Waals surface area contributed by atoms with Crippen molar-refractivity contribution >= 4 is 22.6 Å². The van der Waals surface area contributed by atoms with Crippen LogP contribution in [0.4, 0.5) is 0 Å². The van der Waals surface area contributed by atoms with E-state index in [9.17, 15) is 0 Å². The van der Waals surface area contributed by atoms with Crippen molar-refractivity contribution in [1.82, 2.24) is 9.55 Å². The molecule has 0 N–H and O–H groups in total. The van der Waals surface area contributed by atoms with Crippen molar-refractivity contribution in [2.24, 2.45) is 0 Å².